The minimum atomic E-state index is -0.0584. The van der Waals surface area contributed by atoms with Crippen LogP contribution in [0.2, 0.25) is 0 Å². The van der Waals surface area contributed by atoms with Gasteiger partial charge in [0.15, 0.2) is 0 Å². The first-order valence-corrected chi connectivity index (χ1v) is 7.67. The first kappa shape index (κ1) is 12.7. The molecule has 110 valence electrons. The van der Waals surface area contributed by atoms with Crippen molar-refractivity contribution in [2.75, 3.05) is 23.3 Å². The topological polar surface area (TPSA) is 61.4 Å². The molecule has 5 nitrogen and oxygen atoms in total. The molecule has 2 saturated carbocycles. The monoisotopic (exact) mass is 285 g/mol. The predicted molar refractivity (Wildman–Crippen MR) is 80.1 cm³/mol. The molecule has 1 heterocycles. The Labute approximate surface area is 123 Å². The summed E-state index contributed by atoms with van der Waals surface area (Å²) in [5.41, 5.74) is 1.68. The fourth-order valence-corrected chi connectivity index (χ4v) is 3.62. The lowest BCUT2D eigenvalue weighted by Gasteiger charge is -2.16. The molecule has 1 saturated heterocycles. The van der Waals surface area contributed by atoms with Gasteiger partial charge in [-0.2, -0.15) is 0 Å². The summed E-state index contributed by atoms with van der Waals surface area (Å²) in [4.78, 5) is 25.5. The molecule has 2 unspecified atom stereocenters. The molecule has 4 rings (SSSR count). The second-order valence-electron chi connectivity index (χ2n) is 6.34. The number of carbonyl (C=O) groups excluding carboxylic acids is 2. The molecule has 1 aliphatic heterocycles. The minimum Gasteiger partial charge on any atom is -0.336 e. The molecule has 1 aromatic rings. The van der Waals surface area contributed by atoms with Gasteiger partial charge in [0, 0.05) is 30.4 Å². The van der Waals surface area contributed by atoms with Crippen molar-refractivity contribution in [2.45, 2.75) is 19.3 Å². The number of nitrogens with zero attached hydrogens (tertiary/aromatic N) is 1. The van der Waals surface area contributed by atoms with Crippen LogP contribution in [-0.4, -0.2) is 25.0 Å². The Morgan fingerprint density at radius 1 is 1.14 bits per heavy atom. The largest absolute Gasteiger partial charge is 0.336 e. The highest BCUT2D eigenvalue weighted by molar-refractivity contribution is 5.95. The summed E-state index contributed by atoms with van der Waals surface area (Å²) in [6.45, 7) is 1.37. The molecule has 5 heteroatoms. The van der Waals surface area contributed by atoms with Gasteiger partial charge in [-0.05, 0) is 55.4 Å². The van der Waals surface area contributed by atoms with Gasteiger partial charge in [-0.1, -0.05) is 0 Å². The molecule has 21 heavy (non-hydrogen) atoms. The smallest absolute Gasteiger partial charge is 0.321 e. The first-order chi connectivity index (χ1) is 10.2. The van der Waals surface area contributed by atoms with Crippen molar-refractivity contribution in [1.82, 2.24) is 5.32 Å². The third-order valence-electron chi connectivity index (χ3n) is 4.92. The van der Waals surface area contributed by atoms with Crippen LogP contribution in [0.4, 0.5) is 16.2 Å². The molecule has 0 radical (unpaired) electrons. The maximum Gasteiger partial charge on any atom is 0.321 e. The zero-order valence-corrected chi connectivity index (χ0v) is 11.8. The Kier molecular flexibility index (Phi) is 2.87. The van der Waals surface area contributed by atoms with E-state index < -0.39 is 0 Å². The van der Waals surface area contributed by atoms with E-state index in [1.54, 1.807) is 4.90 Å². The molecule has 2 atom stereocenters. The molecular formula is C16H19N3O2. The Hall–Kier alpha value is -2.04. The van der Waals surface area contributed by atoms with Crippen LogP contribution in [0.15, 0.2) is 24.3 Å². The highest BCUT2D eigenvalue weighted by Crippen LogP contribution is 2.54. The summed E-state index contributed by atoms with van der Waals surface area (Å²) in [7, 11) is 0. The van der Waals surface area contributed by atoms with E-state index in [2.05, 4.69) is 10.6 Å². The molecule has 1 aromatic carbocycles. The third-order valence-corrected chi connectivity index (χ3v) is 4.92. The molecule has 0 spiro atoms. The van der Waals surface area contributed by atoms with Crippen molar-refractivity contribution < 1.29 is 9.59 Å². The summed E-state index contributed by atoms with van der Waals surface area (Å²) in [5.74, 6) is 1.97. The predicted octanol–water partition coefficient (Wildman–Crippen LogP) is 2.20. The van der Waals surface area contributed by atoms with E-state index >= 15 is 0 Å². The van der Waals surface area contributed by atoms with Crippen LogP contribution in [0.5, 0.6) is 0 Å². The van der Waals surface area contributed by atoms with Gasteiger partial charge >= 0.3 is 6.03 Å². The lowest BCUT2D eigenvalue weighted by Crippen LogP contribution is -2.27. The van der Waals surface area contributed by atoms with Crippen molar-refractivity contribution in [2.24, 2.45) is 17.8 Å². The van der Waals surface area contributed by atoms with Crippen LogP contribution in [0.3, 0.4) is 0 Å². The van der Waals surface area contributed by atoms with Crippen molar-refractivity contribution in [1.29, 1.82) is 0 Å². The van der Waals surface area contributed by atoms with Gasteiger partial charge in [-0.3, -0.25) is 9.69 Å². The van der Waals surface area contributed by atoms with Crippen LogP contribution < -0.4 is 15.5 Å². The van der Waals surface area contributed by atoms with E-state index in [-0.39, 0.29) is 17.9 Å². The Bertz CT molecular complexity index is 574. The molecular weight excluding hydrogens is 266 g/mol. The van der Waals surface area contributed by atoms with Gasteiger partial charge in [0.25, 0.3) is 0 Å². The van der Waals surface area contributed by atoms with Crippen molar-refractivity contribution in [3.05, 3.63) is 24.3 Å². The highest BCUT2D eigenvalue weighted by Gasteiger charge is 2.47. The van der Waals surface area contributed by atoms with Crippen molar-refractivity contribution in [3.8, 4) is 0 Å². The van der Waals surface area contributed by atoms with Gasteiger partial charge in [0.1, 0.15) is 0 Å². The second kappa shape index (κ2) is 4.76. The lowest BCUT2D eigenvalue weighted by molar-refractivity contribution is -0.120. The molecule has 2 aliphatic carbocycles. The van der Waals surface area contributed by atoms with Gasteiger partial charge in [-0.15, -0.1) is 0 Å². The molecule has 0 aromatic heterocycles. The number of carbonyl (C=O) groups is 2. The third kappa shape index (κ3) is 2.37. The van der Waals surface area contributed by atoms with E-state index in [4.69, 9.17) is 0 Å². The van der Waals surface area contributed by atoms with Gasteiger partial charge in [0.05, 0.1) is 0 Å². The Morgan fingerprint density at radius 2 is 1.86 bits per heavy atom. The fraction of sp³-hybridized carbons (Fsp3) is 0.500. The molecule has 3 fully saturated rings. The maximum atomic E-state index is 12.2. The number of hydrogen-bond acceptors (Lipinski definition) is 2. The SMILES string of the molecule is O=C(Nc1ccc(N2CCNC2=O)cc1)C1CC2CC2C1. The lowest BCUT2D eigenvalue weighted by atomic mass is 10.0. The zero-order valence-electron chi connectivity index (χ0n) is 11.8. The highest BCUT2D eigenvalue weighted by atomic mass is 16.2. The first-order valence-electron chi connectivity index (χ1n) is 7.67. The standard InChI is InChI=1S/C16H19N3O2/c20-15(12-8-10-7-11(10)9-12)18-13-1-3-14(4-2-13)19-6-5-17-16(19)21/h1-4,10-12H,5-9H2,(H,17,21)(H,18,20). The van der Waals surface area contributed by atoms with Crippen LogP contribution >= 0.6 is 0 Å². The van der Waals surface area contributed by atoms with Crippen LogP contribution in [0.1, 0.15) is 19.3 Å². The zero-order chi connectivity index (χ0) is 14.4. The van der Waals surface area contributed by atoms with Crippen molar-refractivity contribution in [3.63, 3.8) is 0 Å². The summed E-state index contributed by atoms with van der Waals surface area (Å²) >= 11 is 0. The van der Waals surface area contributed by atoms with Gasteiger partial charge < -0.3 is 10.6 Å². The van der Waals surface area contributed by atoms with Crippen LogP contribution in [0, 0.1) is 17.8 Å². The number of fused-ring (bicyclic) bond motifs is 1. The van der Waals surface area contributed by atoms with Gasteiger partial charge in [-0.25, -0.2) is 4.79 Å². The van der Waals surface area contributed by atoms with Crippen molar-refractivity contribution >= 4 is 23.3 Å². The summed E-state index contributed by atoms with van der Waals surface area (Å²) in [5, 5.41) is 5.77. The Balaban J connectivity index is 1.39. The van der Waals surface area contributed by atoms with Crippen LogP contribution in [0.25, 0.3) is 0 Å². The van der Waals surface area contributed by atoms with Crippen LogP contribution in [-0.2, 0) is 4.79 Å². The number of anilines is 2. The molecule has 3 amide bonds. The quantitative estimate of drug-likeness (QED) is 0.894. The van der Waals surface area contributed by atoms with E-state index in [0.29, 0.717) is 13.1 Å². The van der Waals surface area contributed by atoms with E-state index in [1.165, 1.54) is 6.42 Å². The number of benzene rings is 1. The Morgan fingerprint density at radius 3 is 2.48 bits per heavy atom. The van der Waals surface area contributed by atoms with E-state index in [9.17, 15) is 9.59 Å². The fourth-order valence-electron chi connectivity index (χ4n) is 3.62. The van der Waals surface area contributed by atoms with E-state index in [0.717, 1.165) is 36.1 Å². The second-order valence-corrected chi connectivity index (χ2v) is 6.34. The molecule has 0 bridgehead atoms. The average molecular weight is 285 g/mol. The number of nitrogens with one attached hydrogen (secondary N) is 2. The number of rotatable bonds is 3. The summed E-state index contributed by atoms with van der Waals surface area (Å²) in [6, 6.07) is 7.44. The minimum absolute atomic E-state index is 0.0584. The molecule has 2 N–H and O–H groups in total. The summed E-state index contributed by atoms with van der Waals surface area (Å²) < 4.78 is 0. The molecule has 3 aliphatic rings. The normalized spacial score (nSPS) is 30.0. The number of amides is 3. The number of hydrogen-bond donors (Lipinski definition) is 2. The number of urea groups is 1. The van der Waals surface area contributed by atoms with Gasteiger partial charge in [0.2, 0.25) is 5.91 Å². The van der Waals surface area contributed by atoms with E-state index in [1.807, 2.05) is 24.3 Å². The average Bonchev–Trinajstić information content (AvgIpc) is 2.89. The maximum absolute atomic E-state index is 12.2. The summed E-state index contributed by atoms with van der Waals surface area (Å²) in [6.07, 6.45) is 3.45.